The van der Waals surface area contributed by atoms with Gasteiger partial charge in [-0.3, -0.25) is 9.59 Å². The smallest absolute Gasteiger partial charge is 0.354 e. The number of methoxy groups -OCH3 is 1. The van der Waals surface area contributed by atoms with Crippen molar-refractivity contribution in [2.24, 2.45) is 19.8 Å². The lowest BCUT2D eigenvalue weighted by Crippen LogP contribution is -2.15. The summed E-state index contributed by atoms with van der Waals surface area (Å²) in [4.78, 5) is 46.2. The fraction of sp³-hybridized carbons (Fsp3) is 0.227. The summed E-state index contributed by atoms with van der Waals surface area (Å²) in [5.74, 6) is -1.30. The minimum Gasteiger partial charge on any atom is -0.464 e. The maximum atomic E-state index is 12.8. The number of hydrogen-bond donors (Lipinski definition) is 3. The molecule has 4 N–H and O–H groups in total. The van der Waals surface area contributed by atoms with Gasteiger partial charge in [-0.05, 0) is 18.7 Å². The highest BCUT2D eigenvalue weighted by Crippen LogP contribution is 2.26. The summed E-state index contributed by atoms with van der Waals surface area (Å²) in [5, 5.41) is 10.7. The number of aromatic nitrogens is 4. The Morgan fingerprint density at radius 3 is 2.31 bits per heavy atom. The highest BCUT2D eigenvalue weighted by Gasteiger charge is 2.19. The first-order valence-electron chi connectivity index (χ1n) is 10.4. The molecule has 0 spiro atoms. The van der Waals surface area contributed by atoms with Crippen LogP contribution in [0.5, 0.6) is 0 Å². The number of amides is 2. The first-order valence-corrected chi connectivity index (χ1v) is 12.2. The number of esters is 1. The molecule has 0 fully saturated rings. The van der Waals surface area contributed by atoms with E-state index in [2.05, 4.69) is 20.6 Å². The van der Waals surface area contributed by atoms with Crippen LogP contribution in [0, 0.1) is 0 Å². The molecule has 35 heavy (non-hydrogen) atoms. The topological polar surface area (TPSA) is 146 Å². The molecular formula is C22H23N7O4S2. The summed E-state index contributed by atoms with van der Waals surface area (Å²) in [5.41, 5.74) is 8.06. The lowest BCUT2D eigenvalue weighted by Gasteiger charge is -2.03. The van der Waals surface area contributed by atoms with Gasteiger partial charge in [0.05, 0.1) is 23.5 Å². The summed E-state index contributed by atoms with van der Waals surface area (Å²) in [6.45, 7) is 0.523. The molecule has 0 aromatic carbocycles. The van der Waals surface area contributed by atoms with E-state index in [9.17, 15) is 14.4 Å². The summed E-state index contributed by atoms with van der Waals surface area (Å²) < 4.78 is 7.88. The van der Waals surface area contributed by atoms with Gasteiger partial charge in [0.1, 0.15) is 27.8 Å². The Balaban J connectivity index is 1.43. The molecule has 182 valence electrons. The number of anilines is 2. The van der Waals surface area contributed by atoms with Crippen molar-refractivity contribution in [2.75, 3.05) is 24.3 Å². The fourth-order valence-corrected chi connectivity index (χ4v) is 4.97. The highest BCUT2D eigenvalue weighted by molar-refractivity contribution is 7.14. The first-order chi connectivity index (χ1) is 16.8. The number of carbonyl (C=O) groups excluding carboxylic acids is 3. The van der Waals surface area contributed by atoms with Crippen LogP contribution in [0.25, 0.3) is 10.7 Å². The minimum absolute atomic E-state index is 0.257. The molecule has 0 aliphatic heterocycles. The van der Waals surface area contributed by atoms with E-state index in [0.29, 0.717) is 40.7 Å². The van der Waals surface area contributed by atoms with Gasteiger partial charge < -0.3 is 30.2 Å². The van der Waals surface area contributed by atoms with Crippen LogP contribution in [0.2, 0.25) is 0 Å². The number of nitrogens with two attached hydrogens (primary N) is 1. The molecule has 0 saturated heterocycles. The van der Waals surface area contributed by atoms with Gasteiger partial charge in [-0.25, -0.2) is 14.8 Å². The molecular weight excluding hydrogens is 490 g/mol. The van der Waals surface area contributed by atoms with E-state index in [0.717, 1.165) is 10.7 Å². The third-order valence-corrected chi connectivity index (χ3v) is 6.79. The Hall–Kier alpha value is -3.81. The summed E-state index contributed by atoms with van der Waals surface area (Å²) in [7, 11) is 4.66. The normalized spacial score (nSPS) is 10.9. The van der Waals surface area contributed by atoms with Crippen molar-refractivity contribution >= 4 is 51.8 Å². The third-order valence-electron chi connectivity index (χ3n) is 5.02. The molecule has 11 nitrogen and oxygen atoms in total. The maximum absolute atomic E-state index is 12.8. The molecule has 4 aromatic rings. The molecule has 0 radical (unpaired) electrons. The summed E-state index contributed by atoms with van der Waals surface area (Å²) in [6.07, 6.45) is 3.94. The third kappa shape index (κ3) is 5.31. The molecule has 4 rings (SSSR count). The highest BCUT2D eigenvalue weighted by atomic mass is 32.1. The zero-order chi connectivity index (χ0) is 25.1. The van der Waals surface area contributed by atoms with Crippen molar-refractivity contribution in [1.29, 1.82) is 0 Å². The van der Waals surface area contributed by atoms with E-state index in [4.69, 9.17) is 10.5 Å². The van der Waals surface area contributed by atoms with Crippen LogP contribution in [0.1, 0.15) is 36.5 Å². The molecule has 4 heterocycles. The van der Waals surface area contributed by atoms with Gasteiger partial charge >= 0.3 is 5.97 Å². The van der Waals surface area contributed by atoms with Crippen LogP contribution < -0.4 is 16.4 Å². The second kappa shape index (κ2) is 10.2. The zero-order valence-corrected chi connectivity index (χ0v) is 20.8. The van der Waals surface area contributed by atoms with E-state index < -0.39 is 17.8 Å². The van der Waals surface area contributed by atoms with Crippen molar-refractivity contribution in [1.82, 2.24) is 19.1 Å². The second-order valence-corrected chi connectivity index (χ2v) is 9.35. The van der Waals surface area contributed by atoms with Gasteiger partial charge in [0, 0.05) is 43.7 Å². The Bertz CT molecular complexity index is 1400. The lowest BCUT2D eigenvalue weighted by atomic mass is 10.3. The average molecular weight is 514 g/mol. The van der Waals surface area contributed by atoms with Crippen LogP contribution in [-0.2, 0) is 25.3 Å². The monoisotopic (exact) mass is 513 g/mol. The SMILES string of the molecule is COC(=O)c1cc(NC(=O)c2cc(NC(=O)c3csc(-c4csc(CCN)n4)n3)cn2C)cn1C. The number of hydrogen-bond acceptors (Lipinski definition) is 9. The fourth-order valence-electron chi connectivity index (χ4n) is 3.33. The van der Waals surface area contributed by atoms with Crippen molar-refractivity contribution in [3.05, 3.63) is 57.4 Å². The van der Waals surface area contributed by atoms with E-state index >= 15 is 0 Å². The van der Waals surface area contributed by atoms with Gasteiger partial charge in [0.2, 0.25) is 0 Å². The standard InChI is InChI=1S/C22H23N7O4S2/c1-28-8-12(6-16(28)20(31)25-13-7-17(22(32)33-3)29(2)9-13)24-19(30)14-10-35-21(27-14)15-11-34-18(26-15)4-5-23/h6-11H,4-5,23H2,1-3H3,(H,24,30)(H,25,31). The van der Waals surface area contributed by atoms with Crippen molar-refractivity contribution in [3.63, 3.8) is 0 Å². The van der Waals surface area contributed by atoms with E-state index in [1.165, 1.54) is 35.8 Å². The maximum Gasteiger partial charge on any atom is 0.354 e. The molecule has 2 amide bonds. The van der Waals surface area contributed by atoms with Crippen molar-refractivity contribution in [3.8, 4) is 10.7 Å². The van der Waals surface area contributed by atoms with Crippen molar-refractivity contribution < 1.29 is 19.1 Å². The molecule has 0 unspecified atom stereocenters. The Morgan fingerprint density at radius 1 is 0.971 bits per heavy atom. The van der Waals surface area contributed by atoms with Crippen LogP contribution in [0.4, 0.5) is 11.4 Å². The number of ether oxygens (including phenoxy) is 1. The van der Waals surface area contributed by atoms with Gasteiger partial charge in [-0.2, -0.15) is 0 Å². The van der Waals surface area contributed by atoms with Crippen LogP contribution in [-0.4, -0.2) is 50.5 Å². The number of thiazole rings is 2. The van der Waals surface area contributed by atoms with E-state index in [1.807, 2.05) is 5.38 Å². The number of carbonyl (C=O) groups is 3. The average Bonchev–Trinajstić information content (AvgIpc) is 3.60. The van der Waals surface area contributed by atoms with Gasteiger partial charge in [0.25, 0.3) is 11.8 Å². The van der Waals surface area contributed by atoms with Crippen LogP contribution >= 0.6 is 22.7 Å². The second-order valence-electron chi connectivity index (χ2n) is 7.55. The van der Waals surface area contributed by atoms with Crippen LogP contribution in [0.15, 0.2) is 35.3 Å². The van der Waals surface area contributed by atoms with Crippen molar-refractivity contribution in [2.45, 2.75) is 6.42 Å². The molecule has 4 aromatic heterocycles. The summed E-state index contributed by atoms with van der Waals surface area (Å²) >= 11 is 2.84. The largest absolute Gasteiger partial charge is 0.464 e. The predicted octanol–water partition coefficient (Wildman–Crippen LogP) is 2.74. The number of rotatable bonds is 8. The van der Waals surface area contributed by atoms with Gasteiger partial charge in [0.15, 0.2) is 0 Å². The first kappa shape index (κ1) is 24.3. The summed E-state index contributed by atoms with van der Waals surface area (Å²) in [6, 6.07) is 3.08. The number of aryl methyl sites for hydroxylation is 2. The lowest BCUT2D eigenvalue weighted by molar-refractivity contribution is 0.0589. The number of nitrogens with one attached hydrogen (secondary N) is 2. The Morgan fingerprint density at radius 2 is 1.63 bits per heavy atom. The van der Waals surface area contributed by atoms with E-state index in [-0.39, 0.29) is 5.69 Å². The number of nitrogens with zero attached hydrogens (tertiary/aromatic N) is 4. The molecule has 0 atom stereocenters. The van der Waals surface area contributed by atoms with E-state index in [1.54, 1.807) is 47.1 Å². The van der Waals surface area contributed by atoms with Gasteiger partial charge in [-0.1, -0.05) is 0 Å². The van der Waals surface area contributed by atoms with Crippen LogP contribution in [0.3, 0.4) is 0 Å². The Kier molecular flexibility index (Phi) is 7.10. The molecule has 0 saturated carbocycles. The predicted molar refractivity (Wildman–Crippen MR) is 134 cm³/mol. The minimum atomic E-state index is -0.507. The molecule has 13 heteroatoms. The Labute approximate surface area is 208 Å². The molecule has 0 bridgehead atoms. The quantitative estimate of drug-likeness (QED) is 0.307. The van der Waals surface area contributed by atoms with Gasteiger partial charge in [-0.15, -0.1) is 22.7 Å². The molecule has 0 aliphatic rings. The zero-order valence-electron chi connectivity index (χ0n) is 19.2. The molecule has 0 aliphatic carbocycles.